The van der Waals surface area contributed by atoms with Gasteiger partial charge in [-0.2, -0.15) is 5.10 Å². The molecule has 5 heteroatoms. The molecule has 1 heterocycles. The number of hydrogen-bond acceptors (Lipinski definition) is 2. The van der Waals surface area contributed by atoms with Gasteiger partial charge in [-0.25, -0.2) is 4.68 Å². The Labute approximate surface area is 170 Å². The van der Waals surface area contributed by atoms with Gasteiger partial charge in [0.2, 0.25) is 5.91 Å². The van der Waals surface area contributed by atoms with Gasteiger partial charge in [0.15, 0.2) is 0 Å². The van der Waals surface area contributed by atoms with Gasteiger partial charge in [-0.15, -0.1) is 0 Å². The minimum absolute atomic E-state index is 0.0450. The number of hydrogen-bond donors (Lipinski definition) is 1. The maximum absolute atomic E-state index is 12.8. The van der Waals surface area contributed by atoms with E-state index in [9.17, 15) is 4.79 Å². The Morgan fingerprint density at radius 3 is 2.71 bits per heavy atom. The molecule has 1 N–H and O–H groups in total. The van der Waals surface area contributed by atoms with E-state index in [1.807, 2.05) is 48.9 Å². The molecule has 1 aromatic heterocycles. The molecule has 4 nitrogen and oxygen atoms in total. The van der Waals surface area contributed by atoms with Crippen molar-refractivity contribution in [1.29, 1.82) is 0 Å². The molecular weight excluding hydrogens is 370 g/mol. The molecule has 0 spiro atoms. The van der Waals surface area contributed by atoms with Crippen molar-refractivity contribution in [3.63, 3.8) is 0 Å². The van der Waals surface area contributed by atoms with Gasteiger partial charge in [0.05, 0.1) is 23.8 Å². The van der Waals surface area contributed by atoms with Crippen molar-refractivity contribution in [2.75, 3.05) is 0 Å². The number of carbonyl (C=O) groups excluding carboxylic acids is 1. The molecule has 1 amide bonds. The number of fused-ring (bicyclic) bond motifs is 1. The predicted octanol–water partition coefficient (Wildman–Crippen LogP) is 4.88. The van der Waals surface area contributed by atoms with Crippen molar-refractivity contribution in [3.8, 4) is 5.69 Å². The number of aryl methyl sites for hydroxylation is 2. The molecule has 0 radical (unpaired) electrons. The van der Waals surface area contributed by atoms with Crippen molar-refractivity contribution >= 4 is 17.5 Å². The van der Waals surface area contributed by atoms with E-state index in [2.05, 4.69) is 28.6 Å². The lowest BCUT2D eigenvalue weighted by atomic mass is 9.87. The lowest BCUT2D eigenvalue weighted by Gasteiger charge is -2.26. The highest BCUT2D eigenvalue weighted by Gasteiger charge is 2.23. The normalized spacial score (nSPS) is 15.9. The summed E-state index contributed by atoms with van der Waals surface area (Å²) in [5, 5.41) is 8.57. The van der Waals surface area contributed by atoms with E-state index in [1.54, 1.807) is 0 Å². The Hall–Kier alpha value is -2.59. The van der Waals surface area contributed by atoms with E-state index in [-0.39, 0.29) is 11.9 Å². The maximum atomic E-state index is 12.8. The summed E-state index contributed by atoms with van der Waals surface area (Å²) < 4.78 is 1.88. The van der Waals surface area contributed by atoms with Crippen LogP contribution in [0.4, 0.5) is 0 Å². The topological polar surface area (TPSA) is 46.9 Å². The third kappa shape index (κ3) is 3.69. The van der Waals surface area contributed by atoms with Crippen LogP contribution in [0.15, 0.2) is 48.5 Å². The first-order valence-corrected chi connectivity index (χ1v) is 10.1. The average Bonchev–Trinajstić information content (AvgIpc) is 2.97. The highest BCUT2D eigenvalue weighted by molar-refractivity contribution is 6.30. The molecule has 0 saturated heterocycles. The van der Waals surface area contributed by atoms with Crippen molar-refractivity contribution < 1.29 is 4.79 Å². The van der Waals surface area contributed by atoms with E-state index in [4.69, 9.17) is 11.6 Å². The third-order valence-corrected chi connectivity index (χ3v) is 5.81. The molecule has 0 aliphatic heterocycles. The molecule has 1 aliphatic rings. The van der Waals surface area contributed by atoms with Crippen LogP contribution >= 0.6 is 11.6 Å². The van der Waals surface area contributed by atoms with E-state index in [0.29, 0.717) is 11.4 Å². The second-order valence-electron chi connectivity index (χ2n) is 7.43. The second-order valence-corrected chi connectivity index (χ2v) is 7.86. The van der Waals surface area contributed by atoms with Crippen LogP contribution in [0.3, 0.4) is 0 Å². The molecule has 144 valence electrons. The first-order valence-electron chi connectivity index (χ1n) is 9.71. The number of aromatic nitrogens is 2. The lowest BCUT2D eigenvalue weighted by Crippen LogP contribution is -2.32. The van der Waals surface area contributed by atoms with E-state index >= 15 is 0 Å². The molecule has 1 unspecified atom stereocenters. The van der Waals surface area contributed by atoms with Gasteiger partial charge in [0, 0.05) is 16.3 Å². The number of amides is 1. The van der Waals surface area contributed by atoms with Gasteiger partial charge >= 0.3 is 0 Å². The molecule has 1 aliphatic carbocycles. The van der Waals surface area contributed by atoms with Gasteiger partial charge in [-0.3, -0.25) is 4.79 Å². The standard InChI is InChI=1S/C23H24ClN3O/c1-15-21(16(2)27(26-15)19-12-10-18(24)11-13-19)14-23(28)25-22-9-5-7-17-6-3-4-8-20(17)22/h3-4,6,8,10-13,22H,5,7,9,14H2,1-2H3,(H,25,28). The van der Waals surface area contributed by atoms with Gasteiger partial charge in [0.1, 0.15) is 0 Å². The van der Waals surface area contributed by atoms with Crippen LogP contribution in [0.25, 0.3) is 5.69 Å². The number of rotatable bonds is 4. The van der Waals surface area contributed by atoms with Crippen LogP contribution in [-0.2, 0) is 17.6 Å². The molecular formula is C23H24ClN3O. The molecule has 4 rings (SSSR count). The first-order chi connectivity index (χ1) is 13.5. The molecule has 0 bridgehead atoms. The monoisotopic (exact) mass is 393 g/mol. The summed E-state index contributed by atoms with van der Waals surface area (Å²) in [6.07, 6.45) is 3.53. The van der Waals surface area contributed by atoms with Crippen molar-refractivity contribution in [1.82, 2.24) is 15.1 Å². The Bertz CT molecular complexity index is 1010. The Kier molecular flexibility index (Phi) is 5.23. The van der Waals surface area contributed by atoms with E-state index in [1.165, 1.54) is 11.1 Å². The summed E-state index contributed by atoms with van der Waals surface area (Å²) in [4.78, 5) is 12.8. The van der Waals surface area contributed by atoms with Gasteiger partial charge in [0.25, 0.3) is 0 Å². The van der Waals surface area contributed by atoms with Crippen LogP contribution in [0.5, 0.6) is 0 Å². The highest BCUT2D eigenvalue weighted by atomic mass is 35.5. The van der Waals surface area contributed by atoms with Crippen LogP contribution in [0.1, 0.15) is 47.0 Å². The number of carbonyl (C=O) groups is 1. The van der Waals surface area contributed by atoms with Crippen molar-refractivity contribution in [2.24, 2.45) is 0 Å². The second kappa shape index (κ2) is 7.80. The van der Waals surface area contributed by atoms with Crippen molar-refractivity contribution in [2.45, 2.75) is 45.6 Å². The number of nitrogens with one attached hydrogen (secondary N) is 1. The fourth-order valence-electron chi connectivity index (χ4n) is 4.07. The Morgan fingerprint density at radius 2 is 1.93 bits per heavy atom. The largest absolute Gasteiger partial charge is 0.349 e. The van der Waals surface area contributed by atoms with Crippen LogP contribution < -0.4 is 5.32 Å². The molecule has 0 saturated carbocycles. The minimum Gasteiger partial charge on any atom is -0.349 e. The summed E-state index contributed by atoms with van der Waals surface area (Å²) in [6, 6.07) is 16.1. The number of benzene rings is 2. The molecule has 2 aromatic carbocycles. The highest BCUT2D eigenvalue weighted by Crippen LogP contribution is 2.29. The summed E-state index contributed by atoms with van der Waals surface area (Å²) >= 11 is 5.99. The summed E-state index contributed by atoms with van der Waals surface area (Å²) in [6.45, 7) is 3.96. The maximum Gasteiger partial charge on any atom is 0.225 e. The summed E-state index contributed by atoms with van der Waals surface area (Å²) in [5.74, 6) is 0.0450. The fourth-order valence-corrected chi connectivity index (χ4v) is 4.20. The third-order valence-electron chi connectivity index (χ3n) is 5.55. The zero-order valence-electron chi connectivity index (χ0n) is 16.2. The zero-order valence-corrected chi connectivity index (χ0v) is 17.0. The predicted molar refractivity (Wildman–Crippen MR) is 112 cm³/mol. The lowest BCUT2D eigenvalue weighted by molar-refractivity contribution is -0.121. The Morgan fingerprint density at radius 1 is 1.18 bits per heavy atom. The Balaban J connectivity index is 1.52. The van der Waals surface area contributed by atoms with Gasteiger partial charge in [-0.05, 0) is 68.5 Å². The number of halogens is 1. The summed E-state index contributed by atoms with van der Waals surface area (Å²) in [7, 11) is 0. The zero-order chi connectivity index (χ0) is 19.7. The smallest absolute Gasteiger partial charge is 0.225 e. The average molecular weight is 394 g/mol. The van der Waals surface area contributed by atoms with Crippen LogP contribution in [0.2, 0.25) is 5.02 Å². The molecule has 1 atom stereocenters. The van der Waals surface area contributed by atoms with Crippen LogP contribution in [0, 0.1) is 13.8 Å². The van der Waals surface area contributed by atoms with E-state index < -0.39 is 0 Å². The minimum atomic E-state index is 0.0450. The molecule has 28 heavy (non-hydrogen) atoms. The van der Waals surface area contributed by atoms with Gasteiger partial charge in [-0.1, -0.05) is 35.9 Å². The fraction of sp³-hybridized carbons (Fsp3) is 0.304. The SMILES string of the molecule is Cc1nn(-c2ccc(Cl)cc2)c(C)c1CC(=O)NC1CCCc2ccccc21. The van der Waals surface area contributed by atoms with Crippen LogP contribution in [-0.4, -0.2) is 15.7 Å². The van der Waals surface area contributed by atoms with E-state index in [0.717, 1.165) is 41.9 Å². The molecule has 3 aromatic rings. The number of nitrogens with zero attached hydrogens (tertiary/aromatic N) is 2. The quantitative estimate of drug-likeness (QED) is 0.686. The van der Waals surface area contributed by atoms with Crippen molar-refractivity contribution in [3.05, 3.63) is 81.6 Å². The van der Waals surface area contributed by atoms with Gasteiger partial charge < -0.3 is 5.32 Å². The first kappa shape index (κ1) is 18.8. The summed E-state index contributed by atoms with van der Waals surface area (Å²) in [5.41, 5.74) is 6.40. The molecule has 0 fully saturated rings.